The van der Waals surface area contributed by atoms with Crippen LogP contribution in [0.15, 0.2) is 82.2 Å². The summed E-state index contributed by atoms with van der Waals surface area (Å²) < 4.78 is 22.2. The molecular weight excluding hydrogens is 655 g/mol. The molecule has 1 unspecified atom stereocenters. The average Bonchev–Trinajstić information content (AvgIpc) is 3.36. The van der Waals surface area contributed by atoms with Crippen molar-refractivity contribution in [3.8, 4) is 11.4 Å². The summed E-state index contributed by atoms with van der Waals surface area (Å²) in [6.07, 6.45) is 6.52. The van der Waals surface area contributed by atoms with E-state index < -0.39 is 23.4 Å². The molecule has 4 aromatic rings. The van der Waals surface area contributed by atoms with Gasteiger partial charge in [0.1, 0.15) is 29.4 Å². The summed E-state index contributed by atoms with van der Waals surface area (Å²) in [6, 6.07) is 17.0. The standard InChI is InChI=1S/C34H28BrFN6O4/c1-20-37-19-42(38-20)28-10-7-21(14-29(28)45-2)13-22-16-33(11-12-33)17-41-30(22)39-46-34(41,26-9-8-23(36)15-27(26)35)18-40-31(43)24-5-3-4-6-25(24)32(40)44/h3-10,13-15,19H,11-12,16-18H2,1-2H3/b22-13+. The quantitative estimate of drug-likeness (QED) is 0.235. The van der Waals surface area contributed by atoms with Gasteiger partial charge in [0.05, 0.1) is 24.8 Å². The number of ether oxygens (including phenoxy) is 1. The number of carbonyl (C=O) groups is 2. The normalized spacial score (nSPS) is 21.8. The van der Waals surface area contributed by atoms with Crippen molar-refractivity contribution in [2.24, 2.45) is 10.6 Å². The number of aromatic nitrogens is 3. The first-order valence-electron chi connectivity index (χ1n) is 14.9. The Morgan fingerprint density at radius 2 is 1.83 bits per heavy atom. The summed E-state index contributed by atoms with van der Waals surface area (Å²) in [6.45, 7) is 2.29. The van der Waals surface area contributed by atoms with Crippen LogP contribution in [0.3, 0.4) is 0 Å². The molecule has 1 spiro atoms. The topological polar surface area (TPSA) is 102 Å². The van der Waals surface area contributed by atoms with E-state index in [1.807, 2.05) is 25.1 Å². The molecular formula is C34H28BrFN6O4. The van der Waals surface area contributed by atoms with Gasteiger partial charge >= 0.3 is 0 Å². The third-order valence-electron chi connectivity index (χ3n) is 9.28. The number of hydrogen-bond donors (Lipinski definition) is 0. The van der Waals surface area contributed by atoms with E-state index in [2.05, 4.69) is 42.1 Å². The van der Waals surface area contributed by atoms with Crippen LogP contribution in [0.1, 0.15) is 56.9 Å². The number of nitrogens with zero attached hydrogens (tertiary/aromatic N) is 6. The summed E-state index contributed by atoms with van der Waals surface area (Å²) in [7, 11) is 1.62. The van der Waals surface area contributed by atoms with Crippen molar-refractivity contribution in [2.45, 2.75) is 31.9 Å². The van der Waals surface area contributed by atoms with Gasteiger partial charge < -0.3 is 14.5 Å². The van der Waals surface area contributed by atoms with Crippen molar-refractivity contribution >= 4 is 39.7 Å². The Morgan fingerprint density at radius 3 is 2.48 bits per heavy atom. The van der Waals surface area contributed by atoms with Crippen molar-refractivity contribution in [3.05, 3.63) is 111 Å². The maximum atomic E-state index is 14.4. The van der Waals surface area contributed by atoms with Crippen LogP contribution in [-0.2, 0) is 10.6 Å². The van der Waals surface area contributed by atoms with Crippen LogP contribution in [-0.4, -0.2) is 62.4 Å². The van der Waals surface area contributed by atoms with Gasteiger partial charge in [0.25, 0.3) is 17.5 Å². The number of piperidine rings is 1. The molecule has 2 fully saturated rings. The second kappa shape index (κ2) is 10.3. The Morgan fingerprint density at radius 1 is 1.07 bits per heavy atom. The number of carbonyl (C=O) groups excluding carboxylic acids is 2. The van der Waals surface area contributed by atoms with E-state index in [0.29, 0.717) is 45.1 Å². The highest BCUT2D eigenvalue weighted by atomic mass is 79.9. The number of methoxy groups -OCH3 is 1. The van der Waals surface area contributed by atoms with Crippen molar-refractivity contribution in [1.29, 1.82) is 0 Å². The number of rotatable bonds is 6. The van der Waals surface area contributed by atoms with Gasteiger partial charge in [-0.3, -0.25) is 14.5 Å². The molecule has 0 radical (unpaired) electrons. The predicted octanol–water partition coefficient (Wildman–Crippen LogP) is 5.85. The molecule has 0 N–H and O–H groups in total. The third kappa shape index (κ3) is 4.45. The lowest BCUT2D eigenvalue weighted by atomic mass is 9.86. The van der Waals surface area contributed by atoms with Crippen molar-refractivity contribution in [2.75, 3.05) is 20.2 Å². The average molecular weight is 684 g/mol. The Balaban J connectivity index is 1.21. The van der Waals surface area contributed by atoms with E-state index >= 15 is 0 Å². The first-order chi connectivity index (χ1) is 22.2. The van der Waals surface area contributed by atoms with Crippen LogP contribution in [0.5, 0.6) is 5.75 Å². The summed E-state index contributed by atoms with van der Waals surface area (Å²) >= 11 is 3.55. The van der Waals surface area contributed by atoms with Crippen LogP contribution >= 0.6 is 15.9 Å². The number of imide groups is 1. The van der Waals surface area contributed by atoms with Crippen LogP contribution in [0, 0.1) is 18.2 Å². The zero-order chi connectivity index (χ0) is 31.8. The Labute approximate surface area is 272 Å². The zero-order valence-corrected chi connectivity index (χ0v) is 26.6. The van der Waals surface area contributed by atoms with Gasteiger partial charge in [-0.15, -0.1) is 0 Å². The molecule has 1 aromatic heterocycles. The van der Waals surface area contributed by atoms with Gasteiger partial charge in [0.2, 0.25) is 0 Å². The van der Waals surface area contributed by atoms with E-state index in [4.69, 9.17) is 9.57 Å². The molecule has 2 amide bonds. The zero-order valence-electron chi connectivity index (χ0n) is 25.0. The fourth-order valence-corrected chi connectivity index (χ4v) is 7.42. The maximum absolute atomic E-state index is 14.4. The predicted molar refractivity (Wildman–Crippen MR) is 170 cm³/mol. The lowest BCUT2D eigenvalue weighted by Gasteiger charge is -2.44. The lowest BCUT2D eigenvalue weighted by molar-refractivity contribution is -0.120. The van der Waals surface area contributed by atoms with Gasteiger partial charge in [-0.25, -0.2) is 14.1 Å². The Bertz CT molecular complexity index is 1980. The molecule has 1 saturated carbocycles. The van der Waals surface area contributed by atoms with Gasteiger partial charge in [0, 0.05) is 16.6 Å². The maximum Gasteiger partial charge on any atom is 0.261 e. The lowest BCUT2D eigenvalue weighted by Crippen LogP contribution is -2.57. The number of halogens is 2. The molecule has 1 saturated heterocycles. The summed E-state index contributed by atoms with van der Waals surface area (Å²) in [5.74, 6) is 0.662. The van der Waals surface area contributed by atoms with Gasteiger partial charge in [-0.05, 0) is 91.3 Å². The van der Waals surface area contributed by atoms with E-state index in [0.717, 1.165) is 36.1 Å². The number of aryl methyl sites for hydroxylation is 1. The number of amides is 2. The second-order valence-electron chi connectivity index (χ2n) is 12.3. The van der Waals surface area contributed by atoms with Crippen molar-refractivity contribution in [3.63, 3.8) is 0 Å². The molecule has 10 nitrogen and oxygen atoms in total. The van der Waals surface area contributed by atoms with E-state index in [9.17, 15) is 14.0 Å². The molecule has 4 aliphatic rings. The molecule has 1 aliphatic carbocycles. The minimum absolute atomic E-state index is 0.0272. The van der Waals surface area contributed by atoms with E-state index in [1.54, 1.807) is 48.5 Å². The number of fused-ring (bicyclic) bond motifs is 2. The summed E-state index contributed by atoms with van der Waals surface area (Å²) in [5.41, 5.74) is 2.45. The smallest absolute Gasteiger partial charge is 0.261 e. The molecule has 3 aromatic carbocycles. The first-order valence-corrected chi connectivity index (χ1v) is 15.7. The van der Waals surface area contributed by atoms with Gasteiger partial charge in [0.15, 0.2) is 5.84 Å². The molecule has 46 heavy (non-hydrogen) atoms. The van der Waals surface area contributed by atoms with Crippen LogP contribution in [0.4, 0.5) is 4.39 Å². The monoisotopic (exact) mass is 682 g/mol. The largest absolute Gasteiger partial charge is 0.494 e. The molecule has 1 atom stereocenters. The summed E-state index contributed by atoms with van der Waals surface area (Å²) in [4.78, 5) is 41.1. The second-order valence-corrected chi connectivity index (χ2v) is 13.1. The van der Waals surface area contributed by atoms with E-state index in [-0.39, 0.29) is 12.0 Å². The van der Waals surface area contributed by atoms with Gasteiger partial charge in [-0.1, -0.05) is 39.3 Å². The Hall–Kier alpha value is -4.84. The highest BCUT2D eigenvalue weighted by Gasteiger charge is 2.60. The molecule has 12 heteroatoms. The molecule has 4 heterocycles. The molecule has 0 bridgehead atoms. The fourth-order valence-electron chi connectivity index (χ4n) is 6.76. The van der Waals surface area contributed by atoms with Crippen LogP contribution in [0.25, 0.3) is 11.8 Å². The molecule has 232 valence electrons. The SMILES string of the molecule is COc1cc(/C=C2\CC3(CC3)CN3C2=NOC3(CN2C(=O)c3ccccc3C2=O)c2ccc(F)cc2Br)ccc1-n1cnc(C)n1. The number of amidine groups is 1. The first kappa shape index (κ1) is 28.6. The highest BCUT2D eigenvalue weighted by Crippen LogP contribution is 2.58. The number of benzene rings is 3. The molecule has 8 rings (SSSR count). The minimum atomic E-state index is -1.39. The molecule has 3 aliphatic heterocycles. The summed E-state index contributed by atoms with van der Waals surface area (Å²) in [5, 5.41) is 9.05. The minimum Gasteiger partial charge on any atom is -0.494 e. The Kier molecular flexibility index (Phi) is 6.44. The van der Waals surface area contributed by atoms with E-state index in [1.165, 1.54) is 17.0 Å². The van der Waals surface area contributed by atoms with Crippen LogP contribution < -0.4 is 4.74 Å². The third-order valence-corrected chi connectivity index (χ3v) is 9.93. The fraction of sp³-hybridized carbons (Fsp3) is 0.265. The van der Waals surface area contributed by atoms with Gasteiger partial charge in [-0.2, -0.15) is 5.10 Å². The van der Waals surface area contributed by atoms with Crippen molar-refractivity contribution < 1.29 is 23.6 Å². The number of hydrogen-bond acceptors (Lipinski definition) is 8. The van der Waals surface area contributed by atoms with Crippen LogP contribution in [0.2, 0.25) is 0 Å². The highest BCUT2D eigenvalue weighted by molar-refractivity contribution is 9.10. The van der Waals surface area contributed by atoms with Crippen molar-refractivity contribution in [1.82, 2.24) is 24.6 Å². The number of oxime groups is 1.